The summed E-state index contributed by atoms with van der Waals surface area (Å²) in [6.45, 7) is 4.13. The molecule has 4 heteroatoms. The van der Waals surface area contributed by atoms with E-state index >= 15 is 0 Å². The Kier molecular flexibility index (Phi) is 3.99. The maximum absolute atomic E-state index is 5.24. The quantitative estimate of drug-likeness (QED) is 0.919. The molecule has 1 heterocycles. The molecule has 1 unspecified atom stereocenters. The first-order valence-corrected chi connectivity index (χ1v) is 6.77. The molecule has 1 atom stereocenters. The summed E-state index contributed by atoms with van der Waals surface area (Å²) in [4.78, 5) is 4.57. The Labute approximate surface area is 112 Å². The van der Waals surface area contributed by atoms with Crippen molar-refractivity contribution < 1.29 is 4.74 Å². The number of aryl methyl sites for hydroxylation is 2. The van der Waals surface area contributed by atoms with Crippen molar-refractivity contribution in [1.29, 1.82) is 0 Å². The summed E-state index contributed by atoms with van der Waals surface area (Å²) in [7, 11) is 3.65. The summed E-state index contributed by atoms with van der Waals surface area (Å²) in [5.41, 5.74) is 3.52. The second-order valence-electron chi connectivity index (χ2n) is 4.24. The maximum Gasteiger partial charge on any atom is 0.119 e. The van der Waals surface area contributed by atoms with Gasteiger partial charge in [-0.3, -0.25) is 0 Å². The summed E-state index contributed by atoms with van der Waals surface area (Å²) in [6.07, 6.45) is 0. The zero-order valence-corrected chi connectivity index (χ0v) is 12.0. The fourth-order valence-electron chi connectivity index (χ4n) is 2.07. The van der Waals surface area contributed by atoms with Gasteiger partial charge in [-0.15, -0.1) is 11.3 Å². The van der Waals surface area contributed by atoms with Gasteiger partial charge in [0.25, 0.3) is 0 Å². The highest BCUT2D eigenvalue weighted by atomic mass is 32.1. The van der Waals surface area contributed by atoms with Crippen LogP contribution in [0.2, 0.25) is 0 Å². The van der Waals surface area contributed by atoms with E-state index in [1.807, 2.05) is 20.0 Å². The third kappa shape index (κ3) is 2.54. The van der Waals surface area contributed by atoms with Crippen LogP contribution in [0.5, 0.6) is 5.75 Å². The molecule has 0 saturated heterocycles. The van der Waals surface area contributed by atoms with Crippen molar-refractivity contribution in [2.75, 3.05) is 14.2 Å². The molecule has 0 aliphatic heterocycles. The Balaban J connectivity index is 2.39. The van der Waals surface area contributed by atoms with Crippen molar-refractivity contribution in [2.45, 2.75) is 19.9 Å². The molecule has 0 amide bonds. The third-order valence-corrected chi connectivity index (χ3v) is 3.80. The minimum Gasteiger partial charge on any atom is -0.497 e. The highest BCUT2D eigenvalue weighted by Gasteiger charge is 2.17. The first kappa shape index (κ1) is 13.1. The second-order valence-corrected chi connectivity index (χ2v) is 5.30. The van der Waals surface area contributed by atoms with Crippen LogP contribution in [-0.2, 0) is 0 Å². The number of aromatic nitrogens is 1. The molecular formula is C14H18N2OS. The minimum atomic E-state index is 0.140. The van der Waals surface area contributed by atoms with Crippen LogP contribution in [0.25, 0.3) is 0 Å². The van der Waals surface area contributed by atoms with Crippen molar-refractivity contribution >= 4 is 11.3 Å². The molecule has 96 valence electrons. The van der Waals surface area contributed by atoms with Crippen LogP contribution >= 0.6 is 11.3 Å². The standard InChI is InChI=1S/C14H18N2OS/c1-9-7-11(17-4)5-6-12(9)14(15-3)13-8-18-10(2)16-13/h5-8,14-15H,1-4H3. The first-order chi connectivity index (χ1) is 8.65. The van der Waals surface area contributed by atoms with Gasteiger partial charge in [-0.2, -0.15) is 0 Å². The van der Waals surface area contributed by atoms with Gasteiger partial charge in [0.05, 0.1) is 23.9 Å². The molecule has 0 radical (unpaired) electrons. The lowest BCUT2D eigenvalue weighted by Crippen LogP contribution is -2.19. The van der Waals surface area contributed by atoms with Gasteiger partial charge in [0.1, 0.15) is 5.75 Å². The van der Waals surface area contributed by atoms with E-state index in [1.54, 1.807) is 18.4 Å². The largest absolute Gasteiger partial charge is 0.497 e. The molecule has 1 aromatic heterocycles. The molecular weight excluding hydrogens is 244 g/mol. The summed E-state index contributed by atoms with van der Waals surface area (Å²) < 4.78 is 5.24. The molecule has 3 nitrogen and oxygen atoms in total. The van der Waals surface area contributed by atoms with Gasteiger partial charge in [-0.1, -0.05) is 6.07 Å². The Morgan fingerprint density at radius 1 is 1.33 bits per heavy atom. The SMILES string of the molecule is CNC(c1csc(C)n1)c1ccc(OC)cc1C. The predicted octanol–water partition coefficient (Wildman–Crippen LogP) is 3.08. The number of nitrogens with one attached hydrogen (secondary N) is 1. The Morgan fingerprint density at radius 3 is 2.61 bits per heavy atom. The van der Waals surface area contributed by atoms with Crippen molar-refractivity contribution in [1.82, 2.24) is 10.3 Å². The molecule has 0 bridgehead atoms. The van der Waals surface area contributed by atoms with Crippen LogP contribution in [0.4, 0.5) is 0 Å². The second kappa shape index (κ2) is 5.50. The minimum absolute atomic E-state index is 0.140. The number of nitrogens with zero attached hydrogens (tertiary/aromatic N) is 1. The highest BCUT2D eigenvalue weighted by Crippen LogP contribution is 2.27. The molecule has 1 aromatic carbocycles. The van der Waals surface area contributed by atoms with Gasteiger partial charge in [0.15, 0.2) is 0 Å². The van der Waals surface area contributed by atoms with Crippen LogP contribution in [-0.4, -0.2) is 19.1 Å². The van der Waals surface area contributed by atoms with Crippen molar-refractivity contribution in [3.63, 3.8) is 0 Å². The number of hydrogen-bond donors (Lipinski definition) is 1. The van der Waals surface area contributed by atoms with E-state index in [4.69, 9.17) is 4.74 Å². The van der Waals surface area contributed by atoms with E-state index in [-0.39, 0.29) is 6.04 Å². The topological polar surface area (TPSA) is 34.2 Å². The van der Waals surface area contributed by atoms with Crippen LogP contribution in [0.1, 0.15) is 27.9 Å². The average Bonchev–Trinajstić information content (AvgIpc) is 2.78. The number of thiazole rings is 1. The molecule has 0 fully saturated rings. The van der Waals surface area contributed by atoms with Crippen molar-refractivity contribution in [2.24, 2.45) is 0 Å². The van der Waals surface area contributed by atoms with E-state index in [2.05, 4.69) is 34.7 Å². The summed E-state index contributed by atoms with van der Waals surface area (Å²) in [5, 5.41) is 6.53. The number of benzene rings is 1. The molecule has 2 rings (SSSR count). The molecule has 0 spiro atoms. The van der Waals surface area contributed by atoms with Crippen LogP contribution < -0.4 is 10.1 Å². The lowest BCUT2D eigenvalue weighted by molar-refractivity contribution is 0.414. The summed E-state index contributed by atoms with van der Waals surface area (Å²) in [5.74, 6) is 0.889. The lowest BCUT2D eigenvalue weighted by atomic mass is 9.99. The van der Waals surface area contributed by atoms with Gasteiger partial charge in [-0.25, -0.2) is 4.98 Å². The Hall–Kier alpha value is -1.39. The van der Waals surface area contributed by atoms with E-state index in [0.717, 1.165) is 16.5 Å². The first-order valence-electron chi connectivity index (χ1n) is 5.89. The average molecular weight is 262 g/mol. The Bertz CT molecular complexity index is 536. The third-order valence-electron chi connectivity index (χ3n) is 3.01. The maximum atomic E-state index is 5.24. The zero-order chi connectivity index (χ0) is 13.1. The van der Waals surface area contributed by atoms with Gasteiger partial charge >= 0.3 is 0 Å². The van der Waals surface area contributed by atoms with Gasteiger partial charge < -0.3 is 10.1 Å². The van der Waals surface area contributed by atoms with E-state index in [0.29, 0.717) is 0 Å². The van der Waals surface area contributed by atoms with Gasteiger partial charge in [0, 0.05) is 5.38 Å². The normalized spacial score (nSPS) is 12.4. The van der Waals surface area contributed by atoms with Crippen LogP contribution in [0.3, 0.4) is 0 Å². The monoisotopic (exact) mass is 262 g/mol. The van der Waals surface area contributed by atoms with Crippen LogP contribution in [0, 0.1) is 13.8 Å². The number of rotatable bonds is 4. The molecule has 18 heavy (non-hydrogen) atoms. The van der Waals surface area contributed by atoms with E-state index in [9.17, 15) is 0 Å². The lowest BCUT2D eigenvalue weighted by Gasteiger charge is -2.17. The van der Waals surface area contributed by atoms with E-state index in [1.165, 1.54) is 11.1 Å². The smallest absolute Gasteiger partial charge is 0.119 e. The fourth-order valence-corrected chi connectivity index (χ4v) is 2.71. The van der Waals surface area contributed by atoms with E-state index < -0.39 is 0 Å². The number of ether oxygens (including phenoxy) is 1. The predicted molar refractivity (Wildman–Crippen MR) is 75.5 cm³/mol. The molecule has 0 aliphatic carbocycles. The number of methoxy groups -OCH3 is 1. The Morgan fingerprint density at radius 2 is 2.11 bits per heavy atom. The summed E-state index contributed by atoms with van der Waals surface area (Å²) in [6, 6.07) is 6.29. The van der Waals surface area contributed by atoms with Crippen LogP contribution in [0.15, 0.2) is 23.6 Å². The number of hydrogen-bond acceptors (Lipinski definition) is 4. The highest BCUT2D eigenvalue weighted by molar-refractivity contribution is 7.09. The molecule has 1 N–H and O–H groups in total. The molecule has 0 saturated carbocycles. The van der Waals surface area contributed by atoms with Gasteiger partial charge in [0.2, 0.25) is 0 Å². The fraction of sp³-hybridized carbons (Fsp3) is 0.357. The summed E-state index contributed by atoms with van der Waals surface area (Å²) >= 11 is 1.68. The zero-order valence-electron chi connectivity index (χ0n) is 11.2. The van der Waals surface area contributed by atoms with Crippen molar-refractivity contribution in [3.05, 3.63) is 45.4 Å². The molecule has 0 aliphatic rings. The molecule has 2 aromatic rings. The van der Waals surface area contributed by atoms with Gasteiger partial charge in [-0.05, 0) is 44.2 Å². The van der Waals surface area contributed by atoms with Crippen molar-refractivity contribution in [3.8, 4) is 5.75 Å².